The minimum atomic E-state index is -0.282. The third-order valence-electron chi connectivity index (χ3n) is 3.28. The molecule has 1 aromatic heterocycles. The number of rotatable bonds is 7. The number of amides is 2. The van der Waals surface area contributed by atoms with E-state index < -0.39 is 0 Å². The second-order valence-electron chi connectivity index (χ2n) is 5.32. The van der Waals surface area contributed by atoms with E-state index in [1.807, 2.05) is 13.0 Å². The third kappa shape index (κ3) is 5.64. The number of aromatic nitrogens is 2. The molecule has 0 saturated carbocycles. The molecule has 0 radical (unpaired) electrons. The Morgan fingerprint density at radius 2 is 2.08 bits per heavy atom. The summed E-state index contributed by atoms with van der Waals surface area (Å²) in [5.41, 5.74) is 3.17. The number of carbonyl (C=O) groups is 2. The lowest BCUT2D eigenvalue weighted by atomic mass is 10.1. The highest BCUT2D eigenvalue weighted by Gasteiger charge is 2.05. The Bertz CT molecular complexity index is 726. The molecular formula is C18H20N4O2. The molecule has 0 unspecified atom stereocenters. The van der Waals surface area contributed by atoms with E-state index in [0.29, 0.717) is 18.7 Å². The lowest BCUT2D eigenvalue weighted by Crippen LogP contribution is -2.27. The van der Waals surface area contributed by atoms with Crippen LogP contribution in [0.15, 0.2) is 49.3 Å². The van der Waals surface area contributed by atoms with Crippen molar-refractivity contribution in [2.24, 2.45) is 0 Å². The maximum atomic E-state index is 12.0. The Labute approximate surface area is 141 Å². The minimum absolute atomic E-state index is 0.0812. The van der Waals surface area contributed by atoms with Crippen LogP contribution in [0.4, 0.5) is 5.69 Å². The molecule has 24 heavy (non-hydrogen) atoms. The van der Waals surface area contributed by atoms with Crippen molar-refractivity contribution >= 4 is 17.5 Å². The fourth-order valence-corrected chi connectivity index (χ4v) is 2.08. The monoisotopic (exact) mass is 324 g/mol. The fraction of sp³-hybridized carbons (Fsp3) is 0.222. The van der Waals surface area contributed by atoms with Crippen LogP contribution < -0.4 is 10.6 Å². The molecule has 0 aliphatic carbocycles. The van der Waals surface area contributed by atoms with Crippen LogP contribution >= 0.6 is 0 Å². The summed E-state index contributed by atoms with van der Waals surface area (Å²) in [7, 11) is 0. The first kappa shape index (κ1) is 17.3. The second kappa shape index (κ2) is 8.57. The van der Waals surface area contributed by atoms with Gasteiger partial charge in [-0.2, -0.15) is 0 Å². The van der Waals surface area contributed by atoms with Gasteiger partial charge in [-0.1, -0.05) is 18.7 Å². The van der Waals surface area contributed by atoms with Crippen molar-refractivity contribution in [2.75, 3.05) is 11.9 Å². The number of nitrogens with zero attached hydrogens (tertiary/aromatic N) is 2. The van der Waals surface area contributed by atoms with Gasteiger partial charge in [0.25, 0.3) is 0 Å². The molecule has 0 aliphatic heterocycles. The number of anilines is 1. The first-order valence-corrected chi connectivity index (χ1v) is 7.63. The molecule has 2 amide bonds. The van der Waals surface area contributed by atoms with Gasteiger partial charge in [-0.05, 0) is 30.7 Å². The highest BCUT2D eigenvalue weighted by Crippen LogP contribution is 2.11. The summed E-state index contributed by atoms with van der Waals surface area (Å²) in [5.74, 6) is -0.363. The number of carbonyl (C=O) groups excluding carboxylic acids is 2. The summed E-state index contributed by atoms with van der Waals surface area (Å²) in [5, 5.41) is 5.53. The molecule has 1 aromatic carbocycles. The van der Waals surface area contributed by atoms with E-state index in [-0.39, 0.29) is 18.2 Å². The Morgan fingerprint density at radius 3 is 2.79 bits per heavy atom. The largest absolute Gasteiger partial charge is 0.355 e. The lowest BCUT2D eigenvalue weighted by molar-refractivity contribution is -0.120. The Balaban J connectivity index is 1.81. The highest BCUT2D eigenvalue weighted by atomic mass is 16.2. The van der Waals surface area contributed by atoms with Gasteiger partial charge in [-0.25, -0.2) is 0 Å². The number of aryl methyl sites for hydroxylation is 1. The average Bonchev–Trinajstić information content (AvgIpc) is 2.57. The van der Waals surface area contributed by atoms with Gasteiger partial charge in [0.2, 0.25) is 11.8 Å². The topological polar surface area (TPSA) is 84.0 Å². The van der Waals surface area contributed by atoms with Crippen LogP contribution in [0.3, 0.4) is 0 Å². The summed E-state index contributed by atoms with van der Waals surface area (Å²) < 4.78 is 0. The average molecular weight is 324 g/mol. The van der Waals surface area contributed by atoms with Crippen LogP contribution in [0.2, 0.25) is 0 Å². The van der Waals surface area contributed by atoms with Crippen LogP contribution in [0.1, 0.15) is 17.0 Å². The summed E-state index contributed by atoms with van der Waals surface area (Å²) in [6.07, 6.45) is 5.51. The van der Waals surface area contributed by atoms with Crippen LogP contribution in [0.5, 0.6) is 0 Å². The van der Waals surface area contributed by atoms with E-state index in [1.54, 1.807) is 30.6 Å². The normalized spacial score (nSPS) is 10.0. The molecule has 6 heteroatoms. The Kier molecular flexibility index (Phi) is 6.19. The van der Waals surface area contributed by atoms with Crippen LogP contribution in [0, 0.1) is 6.92 Å². The second-order valence-corrected chi connectivity index (χ2v) is 5.32. The predicted molar refractivity (Wildman–Crippen MR) is 92.5 cm³/mol. The quantitative estimate of drug-likeness (QED) is 0.761. The highest BCUT2D eigenvalue weighted by molar-refractivity contribution is 5.98. The number of hydrogen-bond acceptors (Lipinski definition) is 4. The molecular weight excluding hydrogens is 304 g/mol. The standard InChI is InChI=1S/C18H20N4O2/c1-3-17(23)22-15-6-4-5-14(9-15)10-18(24)19-8-7-16-12-20-13(2)11-21-16/h3-6,9,11-12H,1,7-8,10H2,2H3,(H,19,24)(H,22,23). The van der Waals surface area contributed by atoms with E-state index >= 15 is 0 Å². The van der Waals surface area contributed by atoms with E-state index in [1.165, 1.54) is 6.08 Å². The van der Waals surface area contributed by atoms with Crippen molar-refractivity contribution in [2.45, 2.75) is 19.8 Å². The molecule has 0 atom stereocenters. The van der Waals surface area contributed by atoms with Crippen molar-refractivity contribution in [3.63, 3.8) is 0 Å². The van der Waals surface area contributed by atoms with Crippen LogP contribution in [0.25, 0.3) is 0 Å². The molecule has 2 aromatic rings. The zero-order chi connectivity index (χ0) is 17.4. The summed E-state index contributed by atoms with van der Waals surface area (Å²) in [4.78, 5) is 31.7. The van der Waals surface area contributed by atoms with Gasteiger partial charge in [0.1, 0.15) is 0 Å². The van der Waals surface area contributed by atoms with E-state index in [2.05, 4.69) is 27.2 Å². The lowest BCUT2D eigenvalue weighted by Gasteiger charge is -2.07. The first-order chi connectivity index (χ1) is 11.6. The zero-order valence-electron chi connectivity index (χ0n) is 13.6. The van der Waals surface area contributed by atoms with Gasteiger partial charge < -0.3 is 10.6 Å². The Morgan fingerprint density at radius 1 is 1.25 bits per heavy atom. The molecule has 6 nitrogen and oxygen atoms in total. The van der Waals surface area contributed by atoms with Gasteiger partial charge in [-0.3, -0.25) is 19.6 Å². The molecule has 2 rings (SSSR count). The van der Waals surface area contributed by atoms with Gasteiger partial charge in [0, 0.05) is 31.0 Å². The molecule has 1 heterocycles. The summed E-state index contributed by atoms with van der Waals surface area (Å²) >= 11 is 0. The maximum Gasteiger partial charge on any atom is 0.247 e. The number of nitrogens with one attached hydrogen (secondary N) is 2. The maximum absolute atomic E-state index is 12.0. The molecule has 2 N–H and O–H groups in total. The zero-order valence-corrected chi connectivity index (χ0v) is 13.6. The smallest absolute Gasteiger partial charge is 0.247 e. The van der Waals surface area contributed by atoms with Crippen LogP contribution in [-0.4, -0.2) is 28.3 Å². The molecule has 0 bridgehead atoms. The third-order valence-corrected chi connectivity index (χ3v) is 3.28. The van der Waals surface area contributed by atoms with Crippen molar-refractivity contribution in [1.29, 1.82) is 0 Å². The molecule has 0 spiro atoms. The predicted octanol–water partition coefficient (Wildman–Crippen LogP) is 1.81. The van der Waals surface area contributed by atoms with E-state index in [4.69, 9.17) is 0 Å². The summed E-state index contributed by atoms with van der Waals surface area (Å²) in [6.45, 7) is 5.79. The van der Waals surface area contributed by atoms with E-state index in [9.17, 15) is 9.59 Å². The van der Waals surface area contributed by atoms with Crippen molar-refractivity contribution in [1.82, 2.24) is 15.3 Å². The molecule has 0 fully saturated rings. The van der Waals surface area contributed by atoms with Crippen molar-refractivity contribution in [3.8, 4) is 0 Å². The molecule has 0 saturated heterocycles. The minimum Gasteiger partial charge on any atom is -0.355 e. The Hall–Kier alpha value is -3.02. The van der Waals surface area contributed by atoms with Gasteiger partial charge in [-0.15, -0.1) is 0 Å². The SMILES string of the molecule is C=CC(=O)Nc1cccc(CC(=O)NCCc2cnc(C)cn2)c1. The van der Waals surface area contributed by atoms with Crippen molar-refractivity contribution < 1.29 is 9.59 Å². The molecule has 0 aliphatic rings. The van der Waals surface area contributed by atoms with Crippen molar-refractivity contribution in [3.05, 3.63) is 66.3 Å². The van der Waals surface area contributed by atoms with Crippen LogP contribution in [-0.2, 0) is 22.4 Å². The van der Waals surface area contributed by atoms with Gasteiger partial charge in [0.15, 0.2) is 0 Å². The van der Waals surface area contributed by atoms with Gasteiger partial charge in [0.05, 0.1) is 17.8 Å². The van der Waals surface area contributed by atoms with E-state index in [0.717, 1.165) is 17.0 Å². The first-order valence-electron chi connectivity index (χ1n) is 7.63. The van der Waals surface area contributed by atoms with Gasteiger partial charge >= 0.3 is 0 Å². The summed E-state index contributed by atoms with van der Waals surface area (Å²) in [6, 6.07) is 7.17. The fourth-order valence-electron chi connectivity index (χ4n) is 2.08. The molecule has 124 valence electrons. The number of hydrogen-bond donors (Lipinski definition) is 2. The number of benzene rings is 1.